The van der Waals surface area contributed by atoms with Gasteiger partial charge in [0.2, 0.25) is 17.6 Å². The van der Waals surface area contributed by atoms with Gasteiger partial charge in [-0.25, -0.2) is 0 Å². The second-order valence-corrected chi connectivity index (χ2v) is 7.24. The number of hydrogen-bond acceptors (Lipinski definition) is 6. The van der Waals surface area contributed by atoms with Crippen molar-refractivity contribution in [2.75, 3.05) is 11.4 Å². The third kappa shape index (κ3) is 3.48. The van der Waals surface area contributed by atoms with E-state index in [9.17, 15) is 14.7 Å². The molecule has 1 unspecified atom stereocenters. The number of aryl methyl sites for hydroxylation is 1. The summed E-state index contributed by atoms with van der Waals surface area (Å²) in [5.41, 5.74) is 1.38. The van der Waals surface area contributed by atoms with Crippen molar-refractivity contribution in [3.8, 4) is 10.7 Å². The highest BCUT2D eigenvalue weighted by atomic mass is 32.1. The predicted molar refractivity (Wildman–Crippen MR) is 99.7 cm³/mol. The molecule has 1 amide bonds. The minimum Gasteiger partial charge on any atom is -0.481 e. The minimum absolute atomic E-state index is 0.0933. The highest BCUT2D eigenvalue weighted by Crippen LogP contribution is 2.36. The molecule has 0 radical (unpaired) electrons. The lowest BCUT2D eigenvalue weighted by molar-refractivity contribution is -0.138. The highest BCUT2D eigenvalue weighted by Gasteiger charge is 2.35. The molecule has 0 saturated heterocycles. The average molecular weight is 383 g/mol. The van der Waals surface area contributed by atoms with Crippen molar-refractivity contribution in [1.29, 1.82) is 0 Å². The molecule has 0 aliphatic carbocycles. The highest BCUT2D eigenvalue weighted by molar-refractivity contribution is 7.13. The van der Waals surface area contributed by atoms with Crippen molar-refractivity contribution < 1.29 is 19.2 Å². The normalized spacial score (nSPS) is 15.7. The van der Waals surface area contributed by atoms with Crippen molar-refractivity contribution in [2.24, 2.45) is 0 Å². The molecule has 1 aromatic carbocycles. The average Bonchev–Trinajstić information content (AvgIpc) is 3.40. The van der Waals surface area contributed by atoms with Crippen LogP contribution < -0.4 is 4.90 Å². The van der Waals surface area contributed by atoms with Gasteiger partial charge in [-0.15, -0.1) is 11.3 Å². The molecule has 0 spiro atoms. The lowest BCUT2D eigenvalue weighted by Gasteiger charge is -2.17. The molecular formula is C19H17N3O4S. The van der Waals surface area contributed by atoms with E-state index < -0.39 is 11.9 Å². The fourth-order valence-electron chi connectivity index (χ4n) is 3.24. The summed E-state index contributed by atoms with van der Waals surface area (Å²) in [6, 6.07) is 11.0. The molecule has 0 fully saturated rings. The van der Waals surface area contributed by atoms with Gasteiger partial charge in [0.25, 0.3) is 0 Å². The van der Waals surface area contributed by atoms with Crippen LogP contribution in [0.5, 0.6) is 0 Å². The summed E-state index contributed by atoms with van der Waals surface area (Å²) >= 11 is 1.54. The SMILES string of the molecule is O=C(O)C1CN(C(=O)CCCc2nc(-c3cccs3)no2)c2ccccc21. The van der Waals surface area contributed by atoms with Gasteiger partial charge in [0.05, 0.1) is 4.88 Å². The number of rotatable bonds is 6. The van der Waals surface area contributed by atoms with Gasteiger partial charge in [-0.2, -0.15) is 4.98 Å². The number of benzene rings is 1. The standard InChI is InChI=1S/C19H17N3O4S/c23-17(22-11-13(19(24)25)12-5-1-2-6-14(12)22)9-3-8-16-20-18(21-26-16)15-7-4-10-27-15/h1-2,4-7,10,13H,3,8-9,11H2,(H,24,25). The zero-order valence-electron chi connectivity index (χ0n) is 14.4. The zero-order valence-corrected chi connectivity index (χ0v) is 15.2. The number of aliphatic carboxylic acids is 1. The van der Waals surface area contributed by atoms with E-state index in [0.29, 0.717) is 35.8 Å². The first-order valence-corrected chi connectivity index (χ1v) is 9.50. The van der Waals surface area contributed by atoms with Crippen LogP contribution in [-0.2, 0) is 16.0 Å². The number of carbonyl (C=O) groups excluding carboxylic acids is 1. The van der Waals surface area contributed by atoms with Crippen LogP contribution in [0.3, 0.4) is 0 Å². The van der Waals surface area contributed by atoms with E-state index in [1.807, 2.05) is 23.6 Å². The van der Waals surface area contributed by atoms with E-state index in [2.05, 4.69) is 10.1 Å². The zero-order chi connectivity index (χ0) is 18.8. The van der Waals surface area contributed by atoms with Crippen molar-refractivity contribution in [1.82, 2.24) is 10.1 Å². The number of nitrogens with zero attached hydrogens (tertiary/aromatic N) is 3. The Labute approximate surface area is 159 Å². The Morgan fingerprint density at radius 1 is 1.26 bits per heavy atom. The van der Waals surface area contributed by atoms with E-state index in [0.717, 1.165) is 4.88 Å². The number of anilines is 1. The van der Waals surface area contributed by atoms with E-state index in [1.165, 1.54) is 11.3 Å². The third-order valence-electron chi connectivity index (χ3n) is 4.56. The van der Waals surface area contributed by atoms with E-state index >= 15 is 0 Å². The van der Waals surface area contributed by atoms with Gasteiger partial charge in [0.1, 0.15) is 5.92 Å². The van der Waals surface area contributed by atoms with E-state index in [-0.39, 0.29) is 18.9 Å². The molecule has 2 aromatic heterocycles. The second kappa shape index (κ2) is 7.32. The number of aromatic nitrogens is 2. The van der Waals surface area contributed by atoms with E-state index in [4.69, 9.17) is 4.52 Å². The molecule has 27 heavy (non-hydrogen) atoms. The fourth-order valence-corrected chi connectivity index (χ4v) is 3.89. The van der Waals surface area contributed by atoms with Crippen molar-refractivity contribution >= 4 is 28.9 Å². The van der Waals surface area contributed by atoms with Crippen LogP contribution >= 0.6 is 11.3 Å². The maximum absolute atomic E-state index is 12.6. The van der Waals surface area contributed by atoms with Crippen LogP contribution in [0, 0.1) is 0 Å². The second-order valence-electron chi connectivity index (χ2n) is 6.30. The molecule has 1 aliphatic heterocycles. The number of carboxylic acids is 1. The Bertz CT molecular complexity index is 967. The summed E-state index contributed by atoms with van der Waals surface area (Å²) in [5, 5.41) is 15.3. The number of thiophene rings is 1. The number of carbonyl (C=O) groups is 2. The largest absolute Gasteiger partial charge is 0.481 e. The topological polar surface area (TPSA) is 96.5 Å². The summed E-state index contributed by atoms with van der Waals surface area (Å²) < 4.78 is 5.24. The monoisotopic (exact) mass is 383 g/mol. The number of para-hydroxylation sites is 1. The Morgan fingerprint density at radius 2 is 2.11 bits per heavy atom. The summed E-state index contributed by atoms with van der Waals surface area (Å²) in [7, 11) is 0. The number of fused-ring (bicyclic) bond motifs is 1. The molecule has 0 saturated carbocycles. The number of hydrogen-bond donors (Lipinski definition) is 1. The molecule has 7 nitrogen and oxygen atoms in total. The van der Waals surface area contributed by atoms with Crippen molar-refractivity contribution in [3.63, 3.8) is 0 Å². The van der Waals surface area contributed by atoms with Gasteiger partial charge in [-0.05, 0) is 29.5 Å². The van der Waals surface area contributed by atoms with Crippen LogP contribution in [-0.4, -0.2) is 33.7 Å². The molecule has 1 N–H and O–H groups in total. The molecule has 1 atom stereocenters. The first kappa shape index (κ1) is 17.4. The molecule has 3 aromatic rings. The van der Waals surface area contributed by atoms with Crippen LogP contribution in [0.4, 0.5) is 5.69 Å². The maximum Gasteiger partial charge on any atom is 0.312 e. The fraction of sp³-hybridized carbons (Fsp3) is 0.263. The lowest BCUT2D eigenvalue weighted by atomic mass is 10.0. The summed E-state index contributed by atoms with van der Waals surface area (Å²) in [5.74, 6) is -0.621. The minimum atomic E-state index is -0.912. The van der Waals surface area contributed by atoms with Gasteiger partial charge < -0.3 is 14.5 Å². The molecule has 3 heterocycles. The van der Waals surface area contributed by atoms with Crippen LogP contribution in [0.25, 0.3) is 10.7 Å². The summed E-state index contributed by atoms with van der Waals surface area (Å²) in [4.78, 5) is 30.9. The lowest BCUT2D eigenvalue weighted by Crippen LogP contribution is -2.31. The molecular weight excluding hydrogens is 366 g/mol. The Morgan fingerprint density at radius 3 is 2.89 bits per heavy atom. The van der Waals surface area contributed by atoms with Gasteiger partial charge in [0.15, 0.2) is 0 Å². The quantitative estimate of drug-likeness (QED) is 0.701. The summed E-state index contributed by atoms with van der Waals surface area (Å²) in [6.45, 7) is 0.177. The first-order valence-electron chi connectivity index (χ1n) is 8.62. The van der Waals surface area contributed by atoms with Crippen molar-refractivity contribution in [2.45, 2.75) is 25.2 Å². The predicted octanol–water partition coefficient (Wildman–Crippen LogP) is 3.34. The van der Waals surface area contributed by atoms with Gasteiger partial charge in [-0.3, -0.25) is 9.59 Å². The van der Waals surface area contributed by atoms with Crippen LogP contribution in [0.1, 0.15) is 30.2 Å². The van der Waals surface area contributed by atoms with Gasteiger partial charge in [0, 0.05) is 25.1 Å². The molecule has 8 heteroatoms. The first-order chi connectivity index (χ1) is 13.1. The van der Waals surface area contributed by atoms with Gasteiger partial charge >= 0.3 is 5.97 Å². The Kier molecular flexibility index (Phi) is 4.72. The Hall–Kier alpha value is -3.00. The molecule has 138 valence electrons. The smallest absolute Gasteiger partial charge is 0.312 e. The molecule has 0 bridgehead atoms. The number of amides is 1. The van der Waals surface area contributed by atoms with Crippen LogP contribution in [0.2, 0.25) is 0 Å². The van der Waals surface area contributed by atoms with Crippen molar-refractivity contribution in [3.05, 3.63) is 53.2 Å². The Balaban J connectivity index is 1.37. The molecule has 1 aliphatic rings. The van der Waals surface area contributed by atoms with Gasteiger partial charge in [-0.1, -0.05) is 29.4 Å². The van der Waals surface area contributed by atoms with E-state index in [1.54, 1.807) is 23.1 Å². The third-order valence-corrected chi connectivity index (χ3v) is 5.42. The molecule has 4 rings (SSSR count). The maximum atomic E-state index is 12.6. The van der Waals surface area contributed by atoms with Crippen LogP contribution in [0.15, 0.2) is 46.3 Å². The summed E-state index contributed by atoms with van der Waals surface area (Å²) in [6.07, 6.45) is 1.35. The number of carboxylic acid groups (broad SMARTS) is 1.